The molecule has 174 valence electrons. The number of ether oxygens (including phenoxy) is 1. The Kier molecular flexibility index (Phi) is 5.35. The third kappa shape index (κ3) is 4.01. The molecular formula is C22H24FN5O5. The first-order chi connectivity index (χ1) is 15.5. The normalized spacial score (nSPS) is 16.0. The molecule has 1 aromatic carbocycles. The van der Waals surface area contributed by atoms with Crippen molar-refractivity contribution in [3.8, 4) is 5.69 Å². The first-order valence-corrected chi connectivity index (χ1v) is 10.4. The van der Waals surface area contributed by atoms with Gasteiger partial charge >= 0.3 is 6.09 Å². The zero-order chi connectivity index (χ0) is 24.1. The van der Waals surface area contributed by atoms with Crippen LogP contribution in [0.25, 0.3) is 5.69 Å². The minimum atomic E-state index is -0.717. The molecule has 1 saturated heterocycles. The highest BCUT2D eigenvalue weighted by atomic mass is 19.1. The molecule has 0 bridgehead atoms. The Labute approximate surface area is 188 Å². The van der Waals surface area contributed by atoms with E-state index in [4.69, 9.17) is 10.5 Å². The van der Waals surface area contributed by atoms with Gasteiger partial charge in [0.1, 0.15) is 17.2 Å². The number of carbonyl (C=O) groups excluding carboxylic acids is 3. The second-order valence-corrected chi connectivity index (χ2v) is 8.84. The first kappa shape index (κ1) is 22.3. The molecule has 0 aliphatic carbocycles. The highest BCUT2D eigenvalue weighted by Gasteiger charge is 2.33. The van der Waals surface area contributed by atoms with E-state index < -0.39 is 34.9 Å². The van der Waals surface area contributed by atoms with Crippen molar-refractivity contribution in [2.75, 3.05) is 36.8 Å². The summed E-state index contributed by atoms with van der Waals surface area (Å²) in [7, 11) is 0. The lowest BCUT2D eigenvalue weighted by Gasteiger charge is -2.37. The Morgan fingerprint density at radius 2 is 1.76 bits per heavy atom. The fraction of sp³-hybridized carbons (Fsp3) is 0.364. The molecule has 3 amide bonds. The van der Waals surface area contributed by atoms with Gasteiger partial charge in [-0.3, -0.25) is 24.3 Å². The highest BCUT2D eigenvalue weighted by Crippen LogP contribution is 2.31. The third-order valence-corrected chi connectivity index (χ3v) is 5.41. The number of rotatable bonds is 2. The number of hydrogen-bond donors (Lipinski definition) is 2. The molecule has 0 saturated carbocycles. The number of carbonyl (C=O) groups is 3. The van der Waals surface area contributed by atoms with Gasteiger partial charge in [0, 0.05) is 32.2 Å². The van der Waals surface area contributed by atoms with Gasteiger partial charge in [-0.1, -0.05) is 6.07 Å². The number of piperazine rings is 1. The summed E-state index contributed by atoms with van der Waals surface area (Å²) in [6.07, 6.45) is -0.453. The van der Waals surface area contributed by atoms with Crippen LogP contribution in [0.2, 0.25) is 0 Å². The SMILES string of the molecule is CC(C)(C)OC(=O)N1CCN(c2c(F)cccc2-n2c(N)c3c(cc2=O)C(=O)NC3=O)CC1. The van der Waals surface area contributed by atoms with Gasteiger partial charge in [0.05, 0.1) is 22.5 Å². The van der Waals surface area contributed by atoms with Crippen molar-refractivity contribution in [3.05, 3.63) is 51.6 Å². The molecule has 10 nitrogen and oxygen atoms in total. The number of hydrogen-bond acceptors (Lipinski definition) is 7. The molecule has 2 aliphatic rings. The van der Waals surface area contributed by atoms with Crippen LogP contribution in [0.5, 0.6) is 0 Å². The summed E-state index contributed by atoms with van der Waals surface area (Å²) in [6, 6.07) is 5.21. The van der Waals surface area contributed by atoms with Crippen molar-refractivity contribution >= 4 is 29.4 Å². The maximum absolute atomic E-state index is 15.0. The van der Waals surface area contributed by atoms with Crippen LogP contribution in [0.15, 0.2) is 29.1 Å². The summed E-state index contributed by atoms with van der Waals surface area (Å²) < 4.78 is 21.5. The summed E-state index contributed by atoms with van der Waals surface area (Å²) >= 11 is 0. The van der Waals surface area contributed by atoms with Crippen LogP contribution in [0.3, 0.4) is 0 Å². The van der Waals surface area contributed by atoms with Crippen LogP contribution in [-0.2, 0) is 4.74 Å². The summed E-state index contributed by atoms with van der Waals surface area (Å²) in [5, 5.41) is 2.11. The van der Waals surface area contributed by atoms with Gasteiger partial charge in [0.2, 0.25) is 0 Å². The molecule has 2 aliphatic heterocycles. The fourth-order valence-electron chi connectivity index (χ4n) is 3.96. The topological polar surface area (TPSA) is 127 Å². The summed E-state index contributed by atoms with van der Waals surface area (Å²) in [5.74, 6) is -2.26. The highest BCUT2D eigenvalue weighted by molar-refractivity contribution is 6.23. The van der Waals surface area contributed by atoms with Gasteiger partial charge in [0.15, 0.2) is 0 Å². The monoisotopic (exact) mass is 457 g/mol. The van der Waals surface area contributed by atoms with E-state index in [1.807, 2.05) is 0 Å². The summed E-state index contributed by atoms with van der Waals surface area (Å²) in [4.78, 5) is 52.6. The van der Waals surface area contributed by atoms with E-state index in [0.717, 1.165) is 10.6 Å². The first-order valence-electron chi connectivity index (χ1n) is 10.4. The van der Waals surface area contributed by atoms with Gasteiger partial charge in [-0.2, -0.15) is 0 Å². The lowest BCUT2D eigenvalue weighted by Crippen LogP contribution is -2.50. The molecule has 0 spiro atoms. The van der Waals surface area contributed by atoms with Gasteiger partial charge in [-0.05, 0) is 32.9 Å². The van der Waals surface area contributed by atoms with Crippen molar-refractivity contribution in [2.45, 2.75) is 26.4 Å². The van der Waals surface area contributed by atoms with Crippen molar-refractivity contribution in [2.24, 2.45) is 0 Å². The Morgan fingerprint density at radius 3 is 2.39 bits per heavy atom. The maximum Gasteiger partial charge on any atom is 0.410 e. The number of pyridine rings is 1. The Hall–Kier alpha value is -3.89. The predicted molar refractivity (Wildman–Crippen MR) is 118 cm³/mol. The Morgan fingerprint density at radius 1 is 1.09 bits per heavy atom. The smallest absolute Gasteiger partial charge is 0.410 e. The van der Waals surface area contributed by atoms with Gasteiger partial charge < -0.3 is 20.3 Å². The lowest BCUT2D eigenvalue weighted by molar-refractivity contribution is 0.0240. The Balaban J connectivity index is 1.69. The second kappa shape index (κ2) is 7.91. The number of aromatic nitrogens is 1. The molecule has 0 radical (unpaired) electrons. The third-order valence-electron chi connectivity index (χ3n) is 5.41. The van der Waals surface area contributed by atoms with Crippen LogP contribution in [0.1, 0.15) is 41.5 Å². The van der Waals surface area contributed by atoms with E-state index in [0.29, 0.717) is 0 Å². The van der Waals surface area contributed by atoms with Crippen molar-refractivity contribution in [3.63, 3.8) is 0 Å². The zero-order valence-corrected chi connectivity index (χ0v) is 18.5. The Bertz CT molecular complexity index is 1220. The van der Waals surface area contributed by atoms with Gasteiger partial charge in [-0.25, -0.2) is 9.18 Å². The zero-order valence-electron chi connectivity index (χ0n) is 18.5. The maximum atomic E-state index is 15.0. The van der Waals surface area contributed by atoms with Crippen LogP contribution in [0.4, 0.5) is 20.7 Å². The number of nitrogens with two attached hydrogens (primary N) is 1. The summed E-state index contributed by atoms with van der Waals surface area (Å²) in [5.41, 5.74) is 4.84. The molecule has 4 rings (SSSR count). The quantitative estimate of drug-likeness (QED) is 0.655. The number of nitrogens with one attached hydrogen (secondary N) is 1. The van der Waals surface area contributed by atoms with Crippen molar-refractivity contribution in [1.29, 1.82) is 0 Å². The number of nitrogen functional groups attached to an aromatic ring is 1. The summed E-state index contributed by atoms with van der Waals surface area (Å²) in [6.45, 7) is 6.47. The molecule has 3 N–H and O–H groups in total. The van der Waals surface area contributed by atoms with Crippen molar-refractivity contribution < 1.29 is 23.5 Å². The molecular weight excluding hydrogens is 433 g/mol. The fourth-order valence-corrected chi connectivity index (χ4v) is 3.96. The van der Waals surface area contributed by atoms with Gasteiger partial charge in [0.25, 0.3) is 17.4 Å². The predicted octanol–water partition coefficient (Wildman–Crippen LogP) is 1.50. The minimum Gasteiger partial charge on any atom is -0.444 e. The van der Waals surface area contributed by atoms with E-state index in [-0.39, 0.29) is 54.5 Å². The van der Waals surface area contributed by atoms with Crippen LogP contribution >= 0.6 is 0 Å². The number of para-hydroxylation sites is 1. The standard InChI is InChI=1S/C22H24FN5O5/c1-22(2,3)33-21(32)27-9-7-26(8-10-27)17-13(23)5-4-6-14(17)28-15(29)11-12-16(18(28)24)20(31)25-19(12)30/h4-6,11H,7-10,24H2,1-3H3,(H,25,30,31). The molecule has 11 heteroatoms. The van der Waals surface area contributed by atoms with E-state index in [1.54, 1.807) is 25.7 Å². The number of imide groups is 1. The largest absolute Gasteiger partial charge is 0.444 e. The molecule has 3 heterocycles. The number of benzene rings is 1. The number of anilines is 2. The van der Waals surface area contributed by atoms with E-state index >= 15 is 4.39 Å². The van der Waals surface area contributed by atoms with Gasteiger partial charge in [-0.15, -0.1) is 0 Å². The number of halogens is 1. The number of nitrogens with zero attached hydrogens (tertiary/aromatic N) is 3. The average Bonchev–Trinajstić information content (AvgIpc) is 3.00. The molecule has 1 aromatic heterocycles. The van der Waals surface area contributed by atoms with Crippen LogP contribution in [-0.4, -0.2) is 59.2 Å². The molecule has 0 unspecified atom stereocenters. The number of fused-ring (bicyclic) bond motifs is 1. The second-order valence-electron chi connectivity index (χ2n) is 8.84. The average molecular weight is 457 g/mol. The number of amides is 3. The molecule has 33 heavy (non-hydrogen) atoms. The molecule has 1 fully saturated rings. The van der Waals surface area contributed by atoms with Crippen LogP contribution < -0.4 is 21.5 Å². The van der Waals surface area contributed by atoms with E-state index in [9.17, 15) is 19.2 Å². The van der Waals surface area contributed by atoms with E-state index in [1.165, 1.54) is 23.1 Å². The minimum absolute atomic E-state index is 0.109. The molecule has 2 aromatic rings. The molecule has 0 atom stereocenters. The van der Waals surface area contributed by atoms with E-state index in [2.05, 4.69) is 5.32 Å². The van der Waals surface area contributed by atoms with Crippen molar-refractivity contribution in [1.82, 2.24) is 14.8 Å². The lowest BCUT2D eigenvalue weighted by atomic mass is 10.1. The van der Waals surface area contributed by atoms with Crippen LogP contribution in [0, 0.1) is 5.82 Å².